The van der Waals surface area contributed by atoms with Crippen LogP contribution in [0, 0.1) is 5.92 Å². The zero-order valence-electron chi connectivity index (χ0n) is 16.1. The van der Waals surface area contributed by atoms with Gasteiger partial charge in [0.2, 0.25) is 15.9 Å². The molecule has 1 amide bonds. The van der Waals surface area contributed by atoms with Gasteiger partial charge in [-0.05, 0) is 35.7 Å². The zero-order valence-corrected chi connectivity index (χ0v) is 17.0. The SMILES string of the molecule is CC(C)[C@@H](NCC(=O)Nc1ccc(S(=O)(=O)N(C)C)cc1)c1ccccc1. The highest BCUT2D eigenvalue weighted by Gasteiger charge is 2.18. The molecule has 7 heteroatoms. The van der Waals surface area contributed by atoms with Crippen molar-refractivity contribution < 1.29 is 13.2 Å². The van der Waals surface area contributed by atoms with Crippen LogP contribution in [0.1, 0.15) is 25.5 Å². The van der Waals surface area contributed by atoms with Crippen LogP contribution in [0.25, 0.3) is 0 Å². The van der Waals surface area contributed by atoms with Crippen molar-refractivity contribution in [3.05, 3.63) is 60.2 Å². The standard InChI is InChI=1S/C20H27N3O3S/c1-15(2)20(16-8-6-5-7-9-16)21-14-19(24)22-17-10-12-18(13-11-17)27(25,26)23(3)4/h5-13,15,20-21H,14H2,1-4H3,(H,22,24)/t20-/m1/s1. The van der Waals surface area contributed by atoms with Crippen molar-refractivity contribution >= 4 is 21.6 Å². The van der Waals surface area contributed by atoms with E-state index in [1.165, 1.54) is 26.2 Å². The number of carbonyl (C=O) groups excluding carboxylic acids is 1. The van der Waals surface area contributed by atoms with Crippen LogP contribution in [-0.4, -0.2) is 39.3 Å². The fraction of sp³-hybridized carbons (Fsp3) is 0.350. The monoisotopic (exact) mass is 389 g/mol. The van der Waals surface area contributed by atoms with Crippen molar-refractivity contribution in [2.75, 3.05) is 26.0 Å². The summed E-state index contributed by atoms with van der Waals surface area (Å²) in [5.41, 5.74) is 1.69. The normalized spacial score (nSPS) is 13.0. The number of anilines is 1. The number of hydrogen-bond donors (Lipinski definition) is 2. The summed E-state index contributed by atoms with van der Waals surface area (Å²) in [6, 6.07) is 16.2. The highest BCUT2D eigenvalue weighted by Crippen LogP contribution is 2.21. The molecule has 6 nitrogen and oxygen atoms in total. The predicted octanol–water partition coefficient (Wildman–Crippen LogP) is 2.86. The Morgan fingerprint density at radius 2 is 1.59 bits per heavy atom. The summed E-state index contributed by atoms with van der Waals surface area (Å²) in [6.07, 6.45) is 0. The predicted molar refractivity (Wildman–Crippen MR) is 108 cm³/mol. The average Bonchev–Trinajstić information content (AvgIpc) is 2.63. The summed E-state index contributed by atoms with van der Waals surface area (Å²) in [4.78, 5) is 12.4. The number of nitrogens with one attached hydrogen (secondary N) is 2. The average molecular weight is 390 g/mol. The Hall–Kier alpha value is -2.22. The second-order valence-corrected chi connectivity index (χ2v) is 9.03. The number of carbonyl (C=O) groups is 1. The van der Waals surface area contributed by atoms with Crippen molar-refractivity contribution in [3.8, 4) is 0 Å². The Labute approximate surface area is 161 Å². The maximum absolute atomic E-state index is 12.3. The Morgan fingerprint density at radius 3 is 2.11 bits per heavy atom. The number of sulfonamides is 1. The molecule has 0 heterocycles. The van der Waals surface area contributed by atoms with Crippen LogP contribution in [0.3, 0.4) is 0 Å². The lowest BCUT2D eigenvalue weighted by Crippen LogP contribution is -2.33. The van der Waals surface area contributed by atoms with Crippen molar-refractivity contribution in [1.29, 1.82) is 0 Å². The molecule has 0 aliphatic heterocycles. The van der Waals surface area contributed by atoms with Gasteiger partial charge in [-0.25, -0.2) is 12.7 Å². The molecular weight excluding hydrogens is 362 g/mol. The van der Waals surface area contributed by atoms with Gasteiger partial charge in [0.25, 0.3) is 0 Å². The van der Waals surface area contributed by atoms with Gasteiger partial charge in [0.05, 0.1) is 11.4 Å². The van der Waals surface area contributed by atoms with Gasteiger partial charge in [-0.3, -0.25) is 4.79 Å². The molecule has 0 saturated carbocycles. The van der Waals surface area contributed by atoms with Crippen LogP contribution >= 0.6 is 0 Å². The molecule has 0 bridgehead atoms. The molecule has 146 valence electrons. The largest absolute Gasteiger partial charge is 0.325 e. The lowest BCUT2D eigenvalue weighted by molar-refractivity contribution is -0.115. The van der Waals surface area contributed by atoms with Gasteiger partial charge in [-0.2, -0.15) is 0 Å². The fourth-order valence-corrected chi connectivity index (χ4v) is 3.63. The van der Waals surface area contributed by atoms with Gasteiger partial charge in [-0.1, -0.05) is 44.2 Å². The van der Waals surface area contributed by atoms with E-state index in [2.05, 4.69) is 24.5 Å². The van der Waals surface area contributed by atoms with Gasteiger partial charge >= 0.3 is 0 Å². The van der Waals surface area contributed by atoms with Crippen molar-refractivity contribution in [3.63, 3.8) is 0 Å². The molecule has 0 aromatic heterocycles. The Bertz CT molecular complexity index is 848. The molecule has 2 aromatic carbocycles. The van der Waals surface area contributed by atoms with Crippen LogP contribution in [0.5, 0.6) is 0 Å². The number of hydrogen-bond acceptors (Lipinski definition) is 4. The molecule has 0 fully saturated rings. The van der Waals surface area contributed by atoms with E-state index in [0.29, 0.717) is 11.6 Å². The summed E-state index contributed by atoms with van der Waals surface area (Å²) in [6.45, 7) is 4.37. The minimum Gasteiger partial charge on any atom is -0.325 e. The van der Waals surface area contributed by atoms with Gasteiger partial charge in [-0.15, -0.1) is 0 Å². The van der Waals surface area contributed by atoms with E-state index in [1.807, 2.05) is 30.3 Å². The maximum Gasteiger partial charge on any atom is 0.242 e. The lowest BCUT2D eigenvalue weighted by Gasteiger charge is -2.22. The Balaban J connectivity index is 1.97. The Morgan fingerprint density at radius 1 is 1.00 bits per heavy atom. The third-order valence-electron chi connectivity index (χ3n) is 4.22. The number of benzene rings is 2. The molecule has 0 aliphatic carbocycles. The molecular formula is C20H27N3O3S. The van der Waals surface area contributed by atoms with Crippen LogP contribution in [0.15, 0.2) is 59.5 Å². The fourth-order valence-electron chi connectivity index (χ4n) is 2.73. The first-order valence-corrected chi connectivity index (χ1v) is 10.3. The van der Waals surface area contributed by atoms with E-state index in [1.54, 1.807) is 12.1 Å². The van der Waals surface area contributed by atoms with Crippen molar-refractivity contribution in [1.82, 2.24) is 9.62 Å². The number of amides is 1. The van der Waals surface area contributed by atoms with Gasteiger partial charge in [0.15, 0.2) is 0 Å². The van der Waals surface area contributed by atoms with Gasteiger partial charge < -0.3 is 10.6 Å². The first kappa shape index (κ1) is 21.1. The summed E-state index contributed by atoms with van der Waals surface area (Å²) in [7, 11) is -0.514. The molecule has 2 aromatic rings. The first-order valence-electron chi connectivity index (χ1n) is 8.82. The van der Waals surface area contributed by atoms with E-state index in [-0.39, 0.29) is 23.4 Å². The molecule has 0 spiro atoms. The molecule has 1 atom stereocenters. The van der Waals surface area contributed by atoms with Crippen LogP contribution in [0.4, 0.5) is 5.69 Å². The smallest absolute Gasteiger partial charge is 0.242 e. The Kier molecular flexibility index (Phi) is 7.12. The van der Waals surface area contributed by atoms with Gasteiger partial charge in [0.1, 0.15) is 0 Å². The topological polar surface area (TPSA) is 78.5 Å². The minimum atomic E-state index is -3.48. The molecule has 0 unspecified atom stereocenters. The number of rotatable bonds is 8. The van der Waals surface area contributed by atoms with E-state index >= 15 is 0 Å². The summed E-state index contributed by atoms with van der Waals surface area (Å²) >= 11 is 0. The van der Waals surface area contributed by atoms with E-state index in [9.17, 15) is 13.2 Å². The second kappa shape index (κ2) is 9.12. The highest BCUT2D eigenvalue weighted by molar-refractivity contribution is 7.89. The molecule has 0 saturated heterocycles. The van der Waals surface area contributed by atoms with Crippen LogP contribution < -0.4 is 10.6 Å². The van der Waals surface area contributed by atoms with Crippen LogP contribution in [0.2, 0.25) is 0 Å². The van der Waals surface area contributed by atoms with Gasteiger partial charge in [0, 0.05) is 25.8 Å². The van der Waals surface area contributed by atoms with E-state index < -0.39 is 10.0 Å². The number of nitrogens with zero attached hydrogens (tertiary/aromatic N) is 1. The lowest BCUT2D eigenvalue weighted by atomic mass is 9.96. The molecule has 2 rings (SSSR count). The van der Waals surface area contributed by atoms with E-state index in [4.69, 9.17) is 0 Å². The third kappa shape index (κ3) is 5.63. The molecule has 0 aliphatic rings. The summed E-state index contributed by atoms with van der Waals surface area (Å²) in [5.74, 6) is 0.149. The zero-order chi connectivity index (χ0) is 20.0. The first-order chi connectivity index (χ1) is 12.7. The van der Waals surface area contributed by atoms with Crippen LogP contribution in [-0.2, 0) is 14.8 Å². The summed E-state index contributed by atoms with van der Waals surface area (Å²) in [5, 5.41) is 6.08. The molecule has 0 radical (unpaired) electrons. The second-order valence-electron chi connectivity index (χ2n) is 6.87. The third-order valence-corrected chi connectivity index (χ3v) is 6.05. The molecule has 27 heavy (non-hydrogen) atoms. The molecule has 2 N–H and O–H groups in total. The van der Waals surface area contributed by atoms with Crippen molar-refractivity contribution in [2.45, 2.75) is 24.8 Å². The maximum atomic E-state index is 12.3. The minimum absolute atomic E-state index is 0.0737. The summed E-state index contributed by atoms with van der Waals surface area (Å²) < 4.78 is 25.3. The van der Waals surface area contributed by atoms with E-state index in [0.717, 1.165) is 9.87 Å². The van der Waals surface area contributed by atoms with Crippen molar-refractivity contribution in [2.24, 2.45) is 5.92 Å². The highest BCUT2D eigenvalue weighted by atomic mass is 32.2. The quantitative estimate of drug-likeness (QED) is 0.728.